The molecule has 22 heavy (non-hydrogen) atoms. The number of nitrogens with zero attached hydrogens (tertiary/aromatic N) is 2. The second-order valence-corrected chi connectivity index (χ2v) is 6.48. The number of nitrogens with two attached hydrogens (primary N) is 1. The first-order chi connectivity index (χ1) is 10.5. The lowest BCUT2D eigenvalue weighted by Crippen LogP contribution is -2.50. The summed E-state index contributed by atoms with van der Waals surface area (Å²) in [5.41, 5.74) is 5.75. The van der Waals surface area contributed by atoms with Crippen LogP contribution in [-0.4, -0.2) is 54.0 Å². The van der Waals surface area contributed by atoms with Gasteiger partial charge in [0.15, 0.2) is 0 Å². The van der Waals surface area contributed by atoms with E-state index in [0.29, 0.717) is 19.7 Å². The molecule has 1 aliphatic rings. The van der Waals surface area contributed by atoms with Crippen LogP contribution in [0.15, 0.2) is 11.6 Å². The molecule has 0 radical (unpaired) electrons. The average molecular weight is 326 g/mol. The summed E-state index contributed by atoms with van der Waals surface area (Å²) in [5.74, 6) is -0.394. The topological polar surface area (TPSA) is 97.5 Å². The third kappa shape index (κ3) is 4.25. The van der Waals surface area contributed by atoms with Gasteiger partial charge >= 0.3 is 0 Å². The zero-order valence-electron chi connectivity index (χ0n) is 12.8. The lowest BCUT2D eigenvalue weighted by Gasteiger charge is -2.32. The summed E-state index contributed by atoms with van der Waals surface area (Å²) < 4.78 is 5.64. The molecule has 0 aliphatic carbocycles. The Bertz CT molecular complexity index is 506. The molecule has 8 heteroatoms. The van der Waals surface area contributed by atoms with E-state index in [-0.39, 0.29) is 30.4 Å². The molecule has 0 spiro atoms. The molecule has 2 amide bonds. The third-order valence-corrected chi connectivity index (χ3v) is 4.45. The van der Waals surface area contributed by atoms with Gasteiger partial charge in [-0.25, -0.2) is 4.98 Å². The highest BCUT2D eigenvalue weighted by atomic mass is 32.1. The van der Waals surface area contributed by atoms with Crippen LogP contribution in [0.25, 0.3) is 0 Å². The second-order valence-electron chi connectivity index (χ2n) is 5.56. The molecule has 122 valence electrons. The molecule has 2 rings (SSSR count). The van der Waals surface area contributed by atoms with Crippen LogP contribution in [-0.2, 0) is 14.3 Å². The fourth-order valence-electron chi connectivity index (χ4n) is 2.11. The van der Waals surface area contributed by atoms with Crippen molar-refractivity contribution in [2.75, 3.05) is 26.2 Å². The Morgan fingerprint density at radius 3 is 3.00 bits per heavy atom. The number of hydrogen-bond donors (Lipinski definition) is 2. The van der Waals surface area contributed by atoms with Crippen molar-refractivity contribution in [2.24, 2.45) is 11.7 Å². The maximum atomic E-state index is 12.2. The highest BCUT2D eigenvalue weighted by Gasteiger charge is 2.27. The minimum absolute atomic E-state index is 0.0350. The van der Waals surface area contributed by atoms with Gasteiger partial charge in [-0.2, -0.15) is 0 Å². The Labute approximate surface area is 133 Å². The van der Waals surface area contributed by atoms with E-state index in [1.165, 1.54) is 11.3 Å². The predicted octanol–water partition coefficient (Wildman–Crippen LogP) is 0.143. The normalized spacial score (nSPS) is 20.0. The SMILES string of the molecule is CC(C)[C@H](N)C(=O)NCC(=O)N1CCOC(c2nccs2)C1. The first-order valence-corrected chi connectivity index (χ1v) is 8.19. The zero-order valence-corrected chi connectivity index (χ0v) is 13.6. The Morgan fingerprint density at radius 2 is 2.36 bits per heavy atom. The summed E-state index contributed by atoms with van der Waals surface area (Å²) in [6, 6.07) is -0.597. The van der Waals surface area contributed by atoms with Crippen LogP contribution < -0.4 is 11.1 Å². The number of nitrogens with one attached hydrogen (secondary N) is 1. The van der Waals surface area contributed by atoms with E-state index in [0.717, 1.165) is 5.01 Å². The largest absolute Gasteiger partial charge is 0.367 e. The van der Waals surface area contributed by atoms with E-state index in [1.807, 2.05) is 19.2 Å². The Hall–Kier alpha value is -1.51. The van der Waals surface area contributed by atoms with Crippen molar-refractivity contribution in [1.29, 1.82) is 0 Å². The Morgan fingerprint density at radius 1 is 1.59 bits per heavy atom. The van der Waals surface area contributed by atoms with Gasteiger partial charge in [0, 0.05) is 18.1 Å². The van der Waals surface area contributed by atoms with E-state index in [9.17, 15) is 9.59 Å². The second kappa shape index (κ2) is 7.66. The molecule has 2 heterocycles. The van der Waals surface area contributed by atoms with Crippen molar-refractivity contribution in [3.05, 3.63) is 16.6 Å². The van der Waals surface area contributed by atoms with Crippen molar-refractivity contribution in [1.82, 2.24) is 15.2 Å². The maximum absolute atomic E-state index is 12.2. The van der Waals surface area contributed by atoms with Crippen LogP contribution in [0.2, 0.25) is 0 Å². The van der Waals surface area contributed by atoms with E-state index in [2.05, 4.69) is 10.3 Å². The number of aromatic nitrogens is 1. The van der Waals surface area contributed by atoms with E-state index in [1.54, 1.807) is 11.1 Å². The Kier molecular flexibility index (Phi) is 5.87. The molecule has 1 unspecified atom stereocenters. The van der Waals surface area contributed by atoms with Crippen molar-refractivity contribution in [2.45, 2.75) is 26.0 Å². The minimum atomic E-state index is -0.597. The van der Waals surface area contributed by atoms with Gasteiger partial charge in [-0.1, -0.05) is 13.8 Å². The molecule has 1 fully saturated rings. The molecule has 1 aromatic rings. The standard InChI is InChI=1S/C14H22N4O3S/c1-9(2)12(15)13(20)17-7-11(19)18-4-5-21-10(8-18)14-16-3-6-22-14/h3,6,9-10,12H,4-5,7-8,15H2,1-2H3,(H,17,20)/t10?,12-/m0/s1. The highest BCUT2D eigenvalue weighted by Crippen LogP contribution is 2.23. The van der Waals surface area contributed by atoms with Gasteiger partial charge in [0.2, 0.25) is 11.8 Å². The van der Waals surface area contributed by atoms with Gasteiger partial charge in [-0.3, -0.25) is 9.59 Å². The Balaban J connectivity index is 1.83. The summed E-state index contributed by atoms with van der Waals surface area (Å²) in [5, 5.41) is 5.35. The van der Waals surface area contributed by atoms with Crippen LogP contribution in [0.1, 0.15) is 25.0 Å². The van der Waals surface area contributed by atoms with E-state index < -0.39 is 6.04 Å². The summed E-state index contributed by atoms with van der Waals surface area (Å²) in [6.07, 6.45) is 1.53. The number of morpholine rings is 1. The number of carbonyl (C=O) groups excluding carboxylic acids is 2. The first-order valence-electron chi connectivity index (χ1n) is 7.31. The van der Waals surface area contributed by atoms with E-state index >= 15 is 0 Å². The number of amides is 2. The van der Waals surface area contributed by atoms with Crippen molar-refractivity contribution in [3.63, 3.8) is 0 Å². The lowest BCUT2D eigenvalue weighted by atomic mass is 10.1. The van der Waals surface area contributed by atoms with Crippen LogP contribution in [0.5, 0.6) is 0 Å². The summed E-state index contributed by atoms with van der Waals surface area (Å²) in [6.45, 7) is 5.14. The highest BCUT2D eigenvalue weighted by molar-refractivity contribution is 7.09. The van der Waals surface area contributed by atoms with Gasteiger partial charge in [-0.05, 0) is 5.92 Å². The monoisotopic (exact) mass is 326 g/mol. The fraction of sp³-hybridized carbons (Fsp3) is 0.643. The molecule has 1 aliphatic heterocycles. The van der Waals surface area contributed by atoms with Gasteiger partial charge in [-0.15, -0.1) is 11.3 Å². The number of hydrogen-bond acceptors (Lipinski definition) is 6. The average Bonchev–Trinajstić information content (AvgIpc) is 3.06. The molecule has 2 atom stereocenters. The molecule has 0 aromatic carbocycles. The zero-order chi connectivity index (χ0) is 16.1. The minimum Gasteiger partial charge on any atom is -0.367 e. The van der Waals surface area contributed by atoms with Crippen molar-refractivity contribution >= 4 is 23.2 Å². The van der Waals surface area contributed by atoms with Crippen LogP contribution in [0, 0.1) is 5.92 Å². The maximum Gasteiger partial charge on any atom is 0.242 e. The van der Waals surface area contributed by atoms with Crippen molar-refractivity contribution in [3.8, 4) is 0 Å². The fourth-order valence-corrected chi connectivity index (χ4v) is 2.79. The molecule has 0 bridgehead atoms. The summed E-state index contributed by atoms with van der Waals surface area (Å²) in [7, 11) is 0. The first kappa shape index (κ1) is 16.9. The molecule has 0 saturated carbocycles. The quantitative estimate of drug-likeness (QED) is 0.802. The van der Waals surface area contributed by atoms with Crippen LogP contribution in [0.4, 0.5) is 0 Å². The third-order valence-electron chi connectivity index (χ3n) is 3.58. The van der Waals surface area contributed by atoms with Gasteiger partial charge < -0.3 is 20.7 Å². The van der Waals surface area contributed by atoms with Crippen LogP contribution in [0.3, 0.4) is 0 Å². The van der Waals surface area contributed by atoms with Gasteiger partial charge in [0.05, 0.1) is 25.7 Å². The van der Waals surface area contributed by atoms with Gasteiger partial charge in [0.25, 0.3) is 0 Å². The van der Waals surface area contributed by atoms with Gasteiger partial charge in [0.1, 0.15) is 11.1 Å². The number of rotatable bonds is 5. The van der Waals surface area contributed by atoms with Crippen LogP contribution >= 0.6 is 11.3 Å². The predicted molar refractivity (Wildman–Crippen MR) is 83.2 cm³/mol. The molecular weight excluding hydrogens is 304 g/mol. The number of ether oxygens (including phenoxy) is 1. The molecule has 3 N–H and O–H groups in total. The number of carbonyl (C=O) groups is 2. The summed E-state index contributed by atoms with van der Waals surface area (Å²) in [4.78, 5) is 29.9. The number of thiazole rings is 1. The van der Waals surface area contributed by atoms with Crippen molar-refractivity contribution < 1.29 is 14.3 Å². The smallest absolute Gasteiger partial charge is 0.242 e. The molecule has 7 nitrogen and oxygen atoms in total. The molecular formula is C14H22N4O3S. The molecule has 1 saturated heterocycles. The molecule has 1 aromatic heterocycles. The van der Waals surface area contributed by atoms with E-state index in [4.69, 9.17) is 10.5 Å². The summed E-state index contributed by atoms with van der Waals surface area (Å²) >= 11 is 1.51. The lowest BCUT2D eigenvalue weighted by molar-refractivity contribution is -0.139.